The number of nitrogens with zero attached hydrogens (tertiary/aromatic N) is 5. The Hall–Kier alpha value is -3.55. The number of nitro groups is 1. The summed E-state index contributed by atoms with van der Waals surface area (Å²) in [7, 11) is -2.07. The number of rotatable bonds is 7. The van der Waals surface area contributed by atoms with E-state index in [4.69, 9.17) is 4.74 Å². The van der Waals surface area contributed by atoms with Crippen molar-refractivity contribution in [3.8, 4) is 5.75 Å². The topological polar surface area (TPSA) is 143 Å². The molecule has 12 nitrogen and oxygen atoms in total. The summed E-state index contributed by atoms with van der Waals surface area (Å²) in [6, 6.07) is 9.63. The fourth-order valence-corrected chi connectivity index (χ4v) is 6.30. The second kappa shape index (κ2) is 10.4. The van der Waals surface area contributed by atoms with Crippen LogP contribution in [0.2, 0.25) is 0 Å². The number of methoxy groups -OCH3 is 1. The molecular formula is C24H29N7O5S. The fraction of sp³-hybridized carbons (Fsp3) is 0.417. The van der Waals surface area contributed by atoms with Gasteiger partial charge in [0, 0.05) is 56.8 Å². The van der Waals surface area contributed by atoms with Crippen molar-refractivity contribution < 1.29 is 18.1 Å². The molecular weight excluding hydrogens is 498 g/mol. The number of nitrogens with one attached hydrogen (secondary N) is 2. The lowest BCUT2D eigenvalue weighted by atomic mass is 10.1. The van der Waals surface area contributed by atoms with E-state index >= 15 is 0 Å². The largest absolute Gasteiger partial charge is 0.497 e. The molecule has 2 aliphatic heterocycles. The SMILES string of the molecule is COc1ccc(S(=O)(=O)N2CCC(Nc3ncnc4cc(N5CCNCC5)c([N+](=O)[O-])cc34)CC2)cc1. The summed E-state index contributed by atoms with van der Waals surface area (Å²) >= 11 is 0. The zero-order chi connectivity index (χ0) is 26.0. The van der Waals surface area contributed by atoms with Crippen LogP contribution in [-0.2, 0) is 10.0 Å². The number of nitro benzene ring substituents is 1. The zero-order valence-corrected chi connectivity index (χ0v) is 21.3. The van der Waals surface area contributed by atoms with E-state index in [9.17, 15) is 18.5 Å². The molecule has 0 radical (unpaired) electrons. The number of aromatic nitrogens is 2. The van der Waals surface area contributed by atoms with E-state index in [-0.39, 0.29) is 21.5 Å². The van der Waals surface area contributed by atoms with Gasteiger partial charge in [0.2, 0.25) is 10.0 Å². The Bertz CT molecular complexity index is 1390. The molecule has 2 N–H and O–H groups in total. The van der Waals surface area contributed by atoms with E-state index < -0.39 is 10.0 Å². The minimum Gasteiger partial charge on any atom is -0.497 e. The first kappa shape index (κ1) is 25.1. The summed E-state index contributed by atoms with van der Waals surface area (Å²) in [6.45, 7) is 3.59. The van der Waals surface area contributed by atoms with Gasteiger partial charge in [-0.05, 0) is 43.2 Å². The van der Waals surface area contributed by atoms with Gasteiger partial charge in [0.15, 0.2) is 0 Å². The van der Waals surface area contributed by atoms with Crippen molar-refractivity contribution >= 4 is 38.1 Å². The first-order valence-corrected chi connectivity index (χ1v) is 13.6. The maximum Gasteiger partial charge on any atom is 0.293 e. The molecule has 13 heteroatoms. The van der Waals surface area contributed by atoms with Gasteiger partial charge in [-0.2, -0.15) is 4.31 Å². The van der Waals surface area contributed by atoms with Crippen LogP contribution >= 0.6 is 0 Å². The number of fused-ring (bicyclic) bond motifs is 1. The smallest absolute Gasteiger partial charge is 0.293 e. The molecule has 3 heterocycles. The van der Waals surface area contributed by atoms with E-state index in [2.05, 4.69) is 20.6 Å². The maximum atomic E-state index is 13.1. The Morgan fingerprint density at radius 1 is 1.08 bits per heavy atom. The van der Waals surface area contributed by atoms with E-state index in [1.807, 2.05) is 4.90 Å². The van der Waals surface area contributed by atoms with Gasteiger partial charge in [0.05, 0.1) is 22.4 Å². The minimum atomic E-state index is -3.61. The van der Waals surface area contributed by atoms with Gasteiger partial charge in [-0.1, -0.05) is 0 Å². The first-order valence-electron chi connectivity index (χ1n) is 12.2. The van der Waals surface area contributed by atoms with Crippen LogP contribution in [0.25, 0.3) is 10.9 Å². The molecule has 0 amide bonds. The molecule has 0 spiro atoms. The number of benzene rings is 2. The van der Waals surface area contributed by atoms with Crippen molar-refractivity contribution in [3.05, 3.63) is 52.8 Å². The maximum absolute atomic E-state index is 13.1. The second-order valence-electron chi connectivity index (χ2n) is 9.07. The summed E-state index contributed by atoms with van der Waals surface area (Å²) in [5.41, 5.74) is 1.20. The van der Waals surface area contributed by atoms with Crippen LogP contribution in [0.4, 0.5) is 17.2 Å². The molecule has 0 aliphatic carbocycles. The van der Waals surface area contributed by atoms with Gasteiger partial charge in [-0.25, -0.2) is 18.4 Å². The van der Waals surface area contributed by atoms with Crippen molar-refractivity contribution in [2.24, 2.45) is 0 Å². The van der Waals surface area contributed by atoms with Crippen LogP contribution in [-0.4, -0.2) is 80.0 Å². The summed E-state index contributed by atoms with van der Waals surface area (Å²) in [5, 5.41) is 19.1. The Kier molecular flexibility index (Phi) is 7.09. The molecule has 5 rings (SSSR count). The zero-order valence-electron chi connectivity index (χ0n) is 20.5. The first-order chi connectivity index (χ1) is 17.9. The van der Waals surface area contributed by atoms with Crippen LogP contribution in [0.15, 0.2) is 47.6 Å². The predicted octanol–water partition coefficient (Wildman–Crippen LogP) is 2.22. The molecule has 2 saturated heterocycles. The third kappa shape index (κ3) is 5.15. The van der Waals surface area contributed by atoms with Crippen LogP contribution < -0.4 is 20.3 Å². The third-order valence-electron chi connectivity index (χ3n) is 6.88. The average molecular weight is 528 g/mol. The van der Waals surface area contributed by atoms with Crippen LogP contribution in [0.1, 0.15) is 12.8 Å². The van der Waals surface area contributed by atoms with Gasteiger partial charge in [-0.15, -0.1) is 0 Å². The van der Waals surface area contributed by atoms with E-state index in [1.165, 1.54) is 23.8 Å². The van der Waals surface area contributed by atoms with Crippen molar-refractivity contribution in [1.29, 1.82) is 0 Å². The molecule has 2 aliphatic rings. The second-order valence-corrected chi connectivity index (χ2v) is 11.0. The van der Waals surface area contributed by atoms with Crippen molar-refractivity contribution in [2.75, 3.05) is 56.6 Å². The molecule has 37 heavy (non-hydrogen) atoms. The number of anilines is 2. The lowest BCUT2D eigenvalue weighted by Crippen LogP contribution is -2.43. The number of hydrogen-bond acceptors (Lipinski definition) is 10. The standard InChI is InChI=1S/C24H29N7O5S/c1-36-18-2-4-19(5-3-18)37(34,35)30-10-6-17(7-11-30)28-24-20-14-23(31(32)33)22(15-21(20)26-16-27-24)29-12-8-25-9-13-29/h2-5,14-17,25H,6-13H2,1H3,(H,26,27,28). The van der Waals surface area contributed by atoms with Crippen molar-refractivity contribution in [2.45, 2.75) is 23.8 Å². The van der Waals surface area contributed by atoms with Gasteiger partial charge in [0.25, 0.3) is 5.69 Å². The summed E-state index contributed by atoms with van der Waals surface area (Å²) in [6.07, 6.45) is 2.59. The molecule has 0 bridgehead atoms. The van der Waals surface area contributed by atoms with Crippen LogP contribution in [0, 0.1) is 10.1 Å². The quantitative estimate of drug-likeness (QED) is 0.347. The average Bonchev–Trinajstić information content (AvgIpc) is 2.93. The Labute approximate surface area is 214 Å². The van der Waals surface area contributed by atoms with E-state index in [0.717, 1.165) is 13.1 Å². The molecule has 0 unspecified atom stereocenters. The highest BCUT2D eigenvalue weighted by Crippen LogP contribution is 2.35. The molecule has 0 saturated carbocycles. The van der Waals surface area contributed by atoms with E-state index in [0.29, 0.717) is 67.2 Å². The lowest BCUT2D eigenvalue weighted by Gasteiger charge is -2.32. The lowest BCUT2D eigenvalue weighted by molar-refractivity contribution is -0.384. The third-order valence-corrected chi connectivity index (χ3v) is 8.79. The predicted molar refractivity (Wildman–Crippen MR) is 140 cm³/mol. The van der Waals surface area contributed by atoms with Gasteiger partial charge >= 0.3 is 0 Å². The highest BCUT2D eigenvalue weighted by atomic mass is 32.2. The number of ether oxygens (including phenoxy) is 1. The highest BCUT2D eigenvalue weighted by Gasteiger charge is 2.30. The molecule has 1 aromatic heterocycles. The van der Waals surface area contributed by atoms with Gasteiger partial charge < -0.3 is 20.3 Å². The van der Waals surface area contributed by atoms with Gasteiger partial charge in [-0.3, -0.25) is 10.1 Å². The van der Waals surface area contributed by atoms with Crippen molar-refractivity contribution in [3.63, 3.8) is 0 Å². The molecule has 0 atom stereocenters. The van der Waals surface area contributed by atoms with Crippen LogP contribution in [0.3, 0.4) is 0 Å². The number of hydrogen-bond donors (Lipinski definition) is 2. The van der Waals surface area contributed by atoms with Crippen molar-refractivity contribution in [1.82, 2.24) is 19.6 Å². The summed E-state index contributed by atoms with van der Waals surface area (Å²) in [4.78, 5) is 22.5. The Balaban J connectivity index is 1.33. The number of piperazine rings is 1. The molecule has 196 valence electrons. The minimum absolute atomic E-state index is 0.0210. The molecule has 2 aromatic carbocycles. The molecule has 2 fully saturated rings. The molecule has 3 aromatic rings. The van der Waals surface area contributed by atoms with Gasteiger partial charge in [0.1, 0.15) is 23.6 Å². The number of sulfonamides is 1. The normalized spacial score (nSPS) is 17.6. The Morgan fingerprint density at radius 3 is 2.43 bits per heavy atom. The summed E-state index contributed by atoms with van der Waals surface area (Å²) in [5.74, 6) is 1.11. The number of piperidine rings is 1. The van der Waals surface area contributed by atoms with E-state index in [1.54, 1.807) is 30.3 Å². The highest BCUT2D eigenvalue weighted by molar-refractivity contribution is 7.89. The summed E-state index contributed by atoms with van der Waals surface area (Å²) < 4.78 is 32.7. The Morgan fingerprint density at radius 2 is 1.78 bits per heavy atom. The fourth-order valence-electron chi connectivity index (χ4n) is 4.83. The van der Waals surface area contributed by atoms with Crippen LogP contribution in [0.5, 0.6) is 5.75 Å². The monoisotopic (exact) mass is 527 g/mol.